The molecule has 9 heteroatoms. The van der Waals surface area contributed by atoms with Crippen molar-refractivity contribution >= 4 is 23.2 Å². The Balaban J connectivity index is 1.34. The molecule has 1 aromatic carbocycles. The highest BCUT2D eigenvalue weighted by molar-refractivity contribution is 7.10. The molecule has 2 amide bonds. The topological polar surface area (TPSA) is 72.2 Å². The Morgan fingerprint density at radius 3 is 2.91 bits per heavy atom. The number of amides is 2. The lowest BCUT2D eigenvalue weighted by Gasteiger charge is -2.37. The van der Waals surface area contributed by atoms with Gasteiger partial charge in [-0.1, -0.05) is 6.07 Å². The number of rotatable bonds is 8. The molecule has 1 saturated heterocycles. The molecule has 7 nitrogen and oxygen atoms in total. The molecule has 0 aliphatic carbocycles. The number of thiophene rings is 1. The normalized spacial score (nSPS) is 19.4. The van der Waals surface area contributed by atoms with Crippen LogP contribution in [0.5, 0.6) is 5.75 Å². The lowest BCUT2D eigenvalue weighted by atomic mass is 10.0. The van der Waals surface area contributed by atoms with Crippen LogP contribution in [0.4, 0.5) is 4.39 Å². The minimum Gasteiger partial charge on any atom is -0.491 e. The highest BCUT2D eigenvalue weighted by Gasteiger charge is 2.35. The van der Waals surface area contributed by atoms with Crippen LogP contribution in [0.25, 0.3) is 0 Å². The number of fused-ring (bicyclic) bond motifs is 1. The van der Waals surface area contributed by atoms with E-state index < -0.39 is 0 Å². The van der Waals surface area contributed by atoms with E-state index in [1.165, 1.54) is 28.2 Å². The molecule has 35 heavy (non-hydrogen) atoms. The highest BCUT2D eigenvalue weighted by atomic mass is 32.1. The van der Waals surface area contributed by atoms with E-state index in [0.717, 1.165) is 24.8 Å². The van der Waals surface area contributed by atoms with Gasteiger partial charge >= 0.3 is 0 Å². The molecule has 2 atom stereocenters. The van der Waals surface area contributed by atoms with Gasteiger partial charge in [0.25, 0.3) is 5.91 Å². The maximum Gasteiger partial charge on any atom is 0.290 e. The number of hydrogen-bond donors (Lipinski definition) is 0. The van der Waals surface area contributed by atoms with Crippen molar-refractivity contribution in [1.29, 1.82) is 0 Å². The molecule has 2 aromatic heterocycles. The Labute approximate surface area is 207 Å². The van der Waals surface area contributed by atoms with Gasteiger partial charge in [-0.15, -0.1) is 11.3 Å². The van der Waals surface area contributed by atoms with Crippen molar-refractivity contribution in [2.45, 2.75) is 31.4 Å². The van der Waals surface area contributed by atoms with Gasteiger partial charge in [0.15, 0.2) is 5.76 Å². The zero-order chi connectivity index (χ0) is 24.2. The van der Waals surface area contributed by atoms with Gasteiger partial charge < -0.3 is 23.7 Å². The summed E-state index contributed by atoms with van der Waals surface area (Å²) in [5.74, 6) is -0.281. The van der Waals surface area contributed by atoms with Crippen LogP contribution in [0.2, 0.25) is 0 Å². The number of ether oxygens (including phenoxy) is 2. The molecular formula is C26H27FN2O5S. The van der Waals surface area contributed by atoms with E-state index in [1.54, 1.807) is 40.5 Å². The molecule has 0 saturated carbocycles. The zero-order valence-electron chi connectivity index (χ0n) is 19.2. The second-order valence-corrected chi connectivity index (χ2v) is 9.72. The zero-order valence-corrected chi connectivity index (χ0v) is 20.0. The fourth-order valence-electron chi connectivity index (χ4n) is 4.67. The Bertz CT molecular complexity index is 1160. The predicted molar refractivity (Wildman–Crippen MR) is 128 cm³/mol. The summed E-state index contributed by atoms with van der Waals surface area (Å²) in [4.78, 5) is 31.3. The number of carbonyl (C=O) groups excluding carboxylic acids is 2. The fraction of sp³-hybridized carbons (Fsp3) is 0.385. The Kier molecular flexibility index (Phi) is 7.15. The molecule has 4 heterocycles. The number of carbonyl (C=O) groups is 2. The van der Waals surface area contributed by atoms with E-state index in [9.17, 15) is 14.0 Å². The van der Waals surface area contributed by atoms with Crippen molar-refractivity contribution in [3.05, 3.63) is 76.1 Å². The smallest absolute Gasteiger partial charge is 0.290 e. The minimum absolute atomic E-state index is 0.0880. The van der Waals surface area contributed by atoms with Crippen LogP contribution in [-0.4, -0.2) is 60.6 Å². The van der Waals surface area contributed by atoms with Crippen LogP contribution in [-0.2, 0) is 16.0 Å². The van der Waals surface area contributed by atoms with Gasteiger partial charge in [0.2, 0.25) is 5.91 Å². The van der Waals surface area contributed by atoms with Gasteiger partial charge in [-0.2, -0.15) is 0 Å². The largest absolute Gasteiger partial charge is 0.491 e. The molecule has 184 valence electrons. The summed E-state index contributed by atoms with van der Waals surface area (Å²) in [6, 6.07) is 10.9. The maximum atomic E-state index is 13.6. The summed E-state index contributed by atoms with van der Waals surface area (Å²) in [5.41, 5.74) is 1.04. The molecule has 0 N–H and O–H groups in total. The standard InChI is InChI=1S/C26H27FN2O5S/c27-18-4-1-5-19(14-18)34-17-22-21-9-13-35-24(21)8-10-29(22)25(30)16-28(15-20-6-2-11-32-20)26(31)23-7-3-12-33-23/h1,3-5,7,9,12-14,20,22H,2,6,8,10-11,15-17H2/t20-,22+/m1/s1. The van der Waals surface area contributed by atoms with Crippen LogP contribution < -0.4 is 4.74 Å². The summed E-state index contributed by atoms with van der Waals surface area (Å²) in [5, 5.41) is 2.01. The molecule has 3 aromatic rings. The van der Waals surface area contributed by atoms with Crippen molar-refractivity contribution in [3.63, 3.8) is 0 Å². The van der Waals surface area contributed by atoms with E-state index in [1.807, 2.05) is 11.4 Å². The van der Waals surface area contributed by atoms with E-state index in [2.05, 4.69) is 0 Å². The third-order valence-corrected chi connectivity index (χ3v) is 7.41. The average molecular weight is 499 g/mol. The molecule has 0 radical (unpaired) electrons. The maximum absolute atomic E-state index is 13.6. The first-order valence-corrected chi connectivity index (χ1v) is 12.6. The fourth-order valence-corrected chi connectivity index (χ4v) is 5.60. The SMILES string of the molecule is O=C(c1ccco1)N(CC(=O)N1CCc2sccc2[C@@H]1COc1cccc(F)c1)C[C@H]1CCCO1. The Morgan fingerprint density at radius 1 is 1.23 bits per heavy atom. The number of benzene rings is 1. The van der Waals surface area contributed by atoms with Crippen LogP contribution >= 0.6 is 11.3 Å². The Morgan fingerprint density at radius 2 is 2.14 bits per heavy atom. The summed E-state index contributed by atoms with van der Waals surface area (Å²) < 4.78 is 30.6. The first-order chi connectivity index (χ1) is 17.1. The summed E-state index contributed by atoms with van der Waals surface area (Å²) in [6.45, 7) is 1.61. The average Bonchev–Trinajstić information content (AvgIpc) is 3.64. The molecule has 1 fully saturated rings. The summed E-state index contributed by atoms with van der Waals surface area (Å²) in [7, 11) is 0. The molecule has 5 rings (SSSR count). The third kappa shape index (κ3) is 5.41. The minimum atomic E-state index is -0.378. The quantitative estimate of drug-likeness (QED) is 0.463. The number of furan rings is 1. The van der Waals surface area contributed by atoms with Crippen molar-refractivity contribution in [2.24, 2.45) is 0 Å². The lowest BCUT2D eigenvalue weighted by molar-refractivity contribution is -0.135. The highest BCUT2D eigenvalue weighted by Crippen LogP contribution is 2.34. The van der Waals surface area contributed by atoms with Crippen LogP contribution in [0.3, 0.4) is 0 Å². The van der Waals surface area contributed by atoms with E-state index in [-0.39, 0.29) is 48.7 Å². The van der Waals surface area contributed by atoms with E-state index in [4.69, 9.17) is 13.9 Å². The molecule has 0 unspecified atom stereocenters. The summed E-state index contributed by atoms with van der Waals surface area (Å²) >= 11 is 1.66. The van der Waals surface area contributed by atoms with Gasteiger partial charge in [0, 0.05) is 30.6 Å². The van der Waals surface area contributed by atoms with Crippen molar-refractivity contribution in [3.8, 4) is 5.75 Å². The molecular weight excluding hydrogens is 471 g/mol. The first-order valence-electron chi connectivity index (χ1n) is 11.8. The molecule has 2 aliphatic heterocycles. The third-order valence-electron chi connectivity index (χ3n) is 6.41. The molecule has 2 aliphatic rings. The second kappa shape index (κ2) is 10.6. The second-order valence-electron chi connectivity index (χ2n) is 8.72. The number of halogens is 1. The summed E-state index contributed by atoms with van der Waals surface area (Å²) in [6.07, 6.45) is 3.88. The van der Waals surface area contributed by atoms with Gasteiger partial charge in [-0.3, -0.25) is 9.59 Å². The molecule has 0 bridgehead atoms. The first kappa shape index (κ1) is 23.6. The number of nitrogens with zero attached hydrogens (tertiary/aromatic N) is 2. The van der Waals surface area contributed by atoms with Crippen LogP contribution in [0, 0.1) is 5.82 Å². The van der Waals surface area contributed by atoms with Gasteiger partial charge in [-0.05, 0) is 60.5 Å². The van der Waals surface area contributed by atoms with Gasteiger partial charge in [-0.25, -0.2) is 4.39 Å². The lowest BCUT2D eigenvalue weighted by Crippen LogP contribution is -2.49. The van der Waals surface area contributed by atoms with Gasteiger partial charge in [0.05, 0.1) is 18.4 Å². The van der Waals surface area contributed by atoms with Crippen molar-refractivity contribution in [2.75, 3.05) is 32.8 Å². The van der Waals surface area contributed by atoms with Crippen LogP contribution in [0.1, 0.15) is 39.9 Å². The predicted octanol–water partition coefficient (Wildman–Crippen LogP) is 4.31. The monoisotopic (exact) mass is 498 g/mol. The van der Waals surface area contributed by atoms with Crippen molar-refractivity contribution in [1.82, 2.24) is 9.80 Å². The Hall–Kier alpha value is -3.17. The van der Waals surface area contributed by atoms with Crippen LogP contribution in [0.15, 0.2) is 58.5 Å². The van der Waals surface area contributed by atoms with Gasteiger partial charge in [0.1, 0.15) is 24.7 Å². The number of hydrogen-bond acceptors (Lipinski definition) is 6. The van der Waals surface area contributed by atoms with E-state index >= 15 is 0 Å². The van der Waals surface area contributed by atoms with E-state index in [0.29, 0.717) is 25.4 Å². The molecule has 0 spiro atoms. The van der Waals surface area contributed by atoms with Crippen molar-refractivity contribution < 1.29 is 27.9 Å².